The molecule has 1 aliphatic rings. The third-order valence-corrected chi connectivity index (χ3v) is 7.89. The molecule has 33 heavy (non-hydrogen) atoms. The fourth-order valence-electron chi connectivity index (χ4n) is 3.55. The Balaban J connectivity index is 1.46. The van der Waals surface area contributed by atoms with Gasteiger partial charge >= 0.3 is 5.63 Å². The molecule has 1 aliphatic carbocycles. The summed E-state index contributed by atoms with van der Waals surface area (Å²) in [6.07, 6.45) is 1.10. The number of sulfonamides is 1. The van der Waals surface area contributed by atoms with E-state index in [1.165, 1.54) is 29.0 Å². The van der Waals surface area contributed by atoms with Crippen molar-refractivity contribution < 1.29 is 22.0 Å². The molecule has 0 bridgehead atoms. The largest absolute Gasteiger partial charge is 0.430 e. The molecule has 5 rings (SSSR count). The number of aromatic nitrogens is 2. The van der Waals surface area contributed by atoms with Crippen LogP contribution in [0.4, 0.5) is 10.1 Å². The first kappa shape index (κ1) is 21.5. The van der Waals surface area contributed by atoms with Crippen LogP contribution in [-0.4, -0.2) is 23.9 Å². The van der Waals surface area contributed by atoms with Crippen molar-refractivity contribution in [3.8, 4) is 10.9 Å². The van der Waals surface area contributed by atoms with Crippen LogP contribution < -0.4 is 15.1 Å². The van der Waals surface area contributed by atoms with Gasteiger partial charge in [-0.1, -0.05) is 28.6 Å². The van der Waals surface area contributed by atoms with Crippen LogP contribution in [0.1, 0.15) is 29.5 Å². The summed E-state index contributed by atoms with van der Waals surface area (Å²) in [6, 6.07) is 9.50. The van der Waals surface area contributed by atoms with E-state index in [1.54, 1.807) is 31.2 Å². The lowest BCUT2D eigenvalue weighted by atomic mass is 9.99. The standard InChI is InChI=1S/C22H18FN3O5S2/c1-12-16-8-5-14(30-22-25-24-11-32-22)10-19(16)31-21(27)17(12)9-13-3-2-4-18(20(13)23)26-33(28,29)15-6-7-15/h2-5,8,10-11,15,26H,6-7,9H2,1H3. The molecule has 0 spiro atoms. The average molecular weight is 488 g/mol. The molecule has 0 amide bonds. The Kier molecular flexibility index (Phi) is 5.37. The van der Waals surface area contributed by atoms with Gasteiger partial charge in [-0.3, -0.25) is 4.72 Å². The first-order valence-electron chi connectivity index (χ1n) is 10.1. The Labute approximate surface area is 192 Å². The molecule has 0 unspecified atom stereocenters. The topological polar surface area (TPSA) is 111 Å². The van der Waals surface area contributed by atoms with Crippen molar-refractivity contribution in [2.45, 2.75) is 31.4 Å². The molecule has 2 aromatic carbocycles. The summed E-state index contributed by atoms with van der Waals surface area (Å²) in [4.78, 5) is 12.7. The van der Waals surface area contributed by atoms with Gasteiger partial charge in [-0.25, -0.2) is 17.6 Å². The minimum absolute atomic E-state index is 0.0437. The van der Waals surface area contributed by atoms with Crippen molar-refractivity contribution in [3.05, 3.63) is 74.8 Å². The fourth-order valence-corrected chi connectivity index (χ4v) is 5.36. The number of hydrogen-bond acceptors (Lipinski definition) is 8. The van der Waals surface area contributed by atoms with Crippen LogP contribution in [0.3, 0.4) is 0 Å². The zero-order valence-electron chi connectivity index (χ0n) is 17.4. The number of benzene rings is 2. The monoisotopic (exact) mass is 487 g/mol. The molecule has 4 aromatic rings. The number of fused-ring (bicyclic) bond motifs is 1. The Hall–Kier alpha value is -3.31. The maximum absolute atomic E-state index is 15.1. The van der Waals surface area contributed by atoms with Gasteiger partial charge in [0.05, 0.1) is 10.9 Å². The molecular formula is C22H18FN3O5S2. The summed E-state index contributed by atoms with van der Waals surface area (Å²) in [5, 5.41) is 8.08. The van der Waals surface area contributed by atoms with E-state index in [4.69, 9.17) is 9.15 Å². The van der Waals surface area contributed by atoms with E-state index >= 15 is 4.39 Å². The molecule has 2 heterocycles. The predicted molar refractivity (Wildman–Crippen MR) is 122 cm³/mol. The van der Waals surface area contributed by atoms with E-state index in [0.717, 1.165) is 0 Å². The molecule has 1 saturated carbocycles. The van der Waals surface area contributed by atoms with Gasteiger partial charge in [-0.15, -0.1) is 5.10 Å². The minimum atomic E-state index is -3.61. The van der Waals surface area contributed by atoms with Crippen LogP contribution in [-0.2, 0) is 16.4 Å². The number of anilines is 1. The molecule has 2 aromatic heterocycles. The van der Waals surface area contributed by atoms with Gasteiger partial charge in [0.2, 0.25) is 10.0 Å². The molecule has 8 nitrogen and oxygen atoms in total. The number of aryl methyl sites for hydroxylation is 1. The first-order valence-corrected chi connectivity index (χ1v) is 12.5. The van der Waals surface area contributed by atoms with Gasteiger partial charge < -0.3 is 9.15 Å². The van der Waals surface area contributed by atoms with E-state index in [9.17, 15) is 13.2 Å². The summed E-state index contributed by atoms with van der Waals surface area (Å²) in [5.74, 6) is -0.266. The minimum Gasteiger partial charge on any atom is -0.430 e. The molecule has 0 saturated heterocycles. The molecule has 11 heteroatoms. The smallest absolute Gasteiger partial charge is 0.340 e. The summed E-state index contributed by atoms with van der Waals surface area (Å²) in [7, 11) is -3.61. The second-order valence-corrected chi connectivity index (χ2v) is 10.5. The van der Waals surface area contributed by atoms with E-state index in [1.807, 2.05) is 0 Å². The average Bonchev–Trinajstić information content (AvgIpc) is 3.52. The van der Waals surface area contributed by atoms with Crippen molar-refractivity contribution in [3.63, 3.8) is 0 Å². The van der Waals surface area contributed by atoms with Crippen molar-refractivity contribution in [2.75, 3.05) is 4.72 Å². The normalized spacial score (nSPS) is 13.9. The first-order chi connectivity index (χ1) is 15.8. The number of ether oxygens (including phenoxy) is 1. The number of hydrogen-bond donors (Lipinski definition) is 1. The van der Waals surface area contributed by atoms with Crippen molar-refractivity contribution >= 4 is 38.0 Å². The van der Waals surface area contributed by atoms with E-state index in [0.29, 0.717) is 45.9 Å². The van der Waals surface area contributed by atoms with E-state index in [2.05, 4.69) is 14.9 Å². The van der Waals surface area contributed by atoms with E-state index in [-0.39, 0.29) is 17.7 Å². The number of nitrogens with zero attached hydrogens (tertiary/aromatic N) is 2. The van der Waals surface area contributed by atoms with Crippen molar-refractivity contribution in [2.24, 2.45) is 0 Å². The SMILES string of the molecule is Cc1c(Cc2cccc(NS(=O)(=O)C3CC3)c2F)c(=O)oc2cc(Oc3nncs3)ccc12. The van der Waals surface area contributed by atoms with Crippen LogP contribution in [0, 0.1) is 12.7 Å². The van der Waals surface area contributed by atoms with Gasteiger partial charge in [-0.05, 0) is 49.1 Å². The third kappa shape index (κ3) is 4.33. The van der Waals surface area contributed by atoms with E-state index < -0.39 is 26.7 Å². The molecule has 1 N–H and O–H groups in total. The quantitative estimate of drug-likeness (QED) is 0.385. The zero-order valence-corrected chi connectivity index (χ0v) is 19.0. The molecule has 170 valence electrons. The van der Waals surface area contributed by atoms with Crippen LogP contribution >= 0.6 is 11.3 Å². The van der Waals surface area contributed by atoms with Gasteiger partial charge in [0.1, 0.15) is 16.8 Å². The lowest BCUT2D eigenvalue weighted by molar-refractivity contribution is 0.471. The Morgan fingerprint density at radius 3 is 2.82 bits per heavy atom. The summed E-state index contributed by atoms with van der Waals surface area (Å²) in [5.41, 5.74) is 2.27. The second kappa shape index (κ2) is 8.23. The second-order valence-electron chi connectivity index (χ2n) is 7.76. The maximum Gasteiger partial charge on any atom is 0.340 e. The lowest BCUT2D eigenvalue weighted by Crippen LogP contribution is -2.19. The highest BCUT2D eigenvalue weighted by Gasteiger charge is 2.36. The highest BCUT2D eigenvalue weighted by Crippen LogP contribution is 2.32. The zero-order chi connectivity index (χ0) is 23.2. The molecular weight excluding hydrogens is 469 g/mol. The van der Waals surface area contributed by atoms with Gasteiger partial charge in [0.15, 0.2) is 5.82 Å². The fraction of sp³-hybridized carbons (Fsp3) is 0.227. The molecule has 0 aliphatic heterocycles. The van der Waals surface area contributed by atoms with Gasteiger partial charge in [0.25, 0.3) is 5.19 Å². The number of nitrogens with one attached hydrogen (secondary N) is 1. The summed E-state index contributed by atoms with van der Waals surface area (Å²) in [6.45, 7) is 1.76. The lowest BCUT2D eigenvalue weighted by Gasteiger charge is -2.12. The highest BCUT2D eigenvalue weighted by molar-refractivity contribution is 7.93. The third-order valence-electron chi connectivity index (χ3n) is 5.47. The molecule has 0 radical (unpaired) electrons. The Morgan fingerprint density at radius 2 is 2.09 bits per heavy atom. The molecule has 0 atom stereocenters. The van der Waals surface area contributed by atoms with Crippen LogP contribution in [0.25, 0.3) is 11.0 Å². The van der Waals surface area contributed by atoms with Crippen molar-refractivity contribution in [1.29, 1.82) is 0 Å². The maximum atomic E-state index is 15.1. The van der Waals surface area contributed by atoms with Crippen LogP contribution in [0.2, 0.25) is 0 Å². The number of halogens is 1. The number of rotatable bonds is 7. The van der Waals surface area contributed by atoms with Gasteiger partial charge in [-0.2, -0.15) is 0 Å². The predicted octanol–water partition coefficient (Wildman–Crippen LogP) is 4.38. The van der Waals surface area contributed by atoms with Crippen LogP contribution in [0.15, 0.2) is 51.1 Å². The Morgan fingerprint density at radius 1 is 1.27 bits per heavy atom. The van der Waals surface area contributed by atoms with Crippen LogP contribution in [0.5, 0.6) is 10.9 Å². The highest BCUT2D eigenvalue weighted by atomic mass is 32.2. The summed E-state index contributed by atoms with van der Waals surface area (Å²) < 4.78 is 52.9. The summed E-state index contributed by atoms with van der Waals surface area (Å²) >= 11 is 1.23. The molecule has 1 fully saturated rings. The van der Waals surface area contributed by atoms with Gasteiger partial charge in [0, 0.05) is 23.4 Å². The van der Waals surface area contributed by atoms with Crippen molar-refractivity contribution in [1.82, 2.24) is 10.2 Å². The Bertz CT molecular complexity index is 1510.